The van der Waals surface area contributed by atoms with E-state index in [1.165, 1.54) is 38.0 Å². The molecule has 7 heteroatoms. The fourth-order valence-corrected chi connectivity index (χ4v) is 14.3. The molecule has 0 spiro atoms. The van der Waals surface area contributed by atoms with Crippen molar-refractivity contribution in [2.75, 3.05) is 10.1 Å². The van der Waals surface area contributed by atoms with E-state index in [0.29, 0.717) is 11.8 Å². The van der Waals surface area contributed by atoms with Gasteiger partial charge in [0.15, 0.2) is 0 Å². The second kappa shape index (κ2) is 17.2. The molecule has 10 rings (SSSR count). The van der Waals surface area contributed by atoms with Crippen molar-refractivity contribution in [3.8, 4) is 16.9 Å². The average molecular weight is 1030 g/mol. The Morgan fingerprint density at radius 1 is 0.578 bits per heavy atom. The van der Waals surface area contributed by atoms with E-state index in [0.717, 1.165) is 49.7 Å². The molecule has 3 heterocycles. The number of hydrogen-bond acceptors (Lipinski definition) is 3. The van der Waals surface area contributed by atoms with Crippen molar-refractivity contribution in [2.45, 2.75) is 65.8 Å². The Bertz CT molecular complexity index is 3050. The Morgan fingerprint density at radius 2 is 1.17 bits per heavy atom. The molecule has 2 aromatic heterocycles. The number of hydroxylamine groups is 1. The van der Waals surface area contributed by atoms with Crippen LogP contribution in [0.3, 0.4) is 0 Å². The number of pyridine rings is 1. The van der Waals surface area contributed by atoms with E-state index in [2.05, 4.69) is 245 Å². The fraction of sp³-hybridized carbons (Fsp3) is 0.175. The van der Waals surface area contributed by atoms with E-state index in [4.69, 9.17) is 9.92 Å². The number of hydrogen-bond donors (Lipinski definition) is 0. The quantitative estimate of drug-likeness (QED) is 0.0626. The number of rotatable bonds is 9. The van der Waals surface area contributed by atoms with Gasteiger partial charge in [0.2, 0.25) is 0 Å². The first-order valence-electron chi connectivity index (χ1n) is 22.2. The summed E-state index contributed by atoms with van der Waals surface area (Å²) < 4.78 is 2.33. The first kappa shape index (κ1) is 43.2. The minimum Gasteiger partial charge on any atom is -0.319 e. The van der Waals surface area contributed by atoms with Crippen LogP contribution in [0.5, 0.6) is 0 Å². The molecule has 7 aromatic carbocycles. The molecule has 0 bridgehead atoms. The minimum absolute atomic E-state index is 0. The van der Waals surface area contributed by atoms with E-state index in [-0.39, 0.29) is 26.6 Å². The third-order valence-corrected chi connectivity index (χ3v) is 17.2. The summed E-state index contributed by atoms with van der Waals surface area (Å²) in [6, 6.07) is 70.0. The normalized spacial score (nSPS) is 13.0. The zero-order valence-electron chi connectivity index (χ0n) is 37.5. The number of fused-ring (bicyclic) bond motifs is 4. The van der Waals surface area contributed by atoms with Crippen LogP contribution in [0.1, 0.15) is 71.4 Å². The third-order valence-electron chi connectivity index (χ3n) is 12.6. The molecular formula is C57H53N4OPtSi-. The Hall–Kier alpha value is -6.04. The molecule has 0 atom stereocenters. The van der Waals surface area contributed by atoms with E-state index in [1.807, 2.05) is 6.20 Å². The smallest absolute Gasteiger partial charge is 0.145 e. The van der Waals surface area contributed by atoms with Crippen LogP contribution in [0.4, 0.5) is 17.1 Å². The number of para-hydroxylation sites is 3. The van der Waals surface area contributed by atoms with Gasteiger partial charge in [-0.3, -0.25) is 0 Å². The second-order valence-electron chi connectivity index (χ2n) is 18.3. The van der Waals surface area contributed by atoms with Gasteiger partial charge >= 0.3 is 0 Å². The van der Waals surface area contributed by atoms with Gasteiger partial charge in [0.05, 0.1) is 0 Å². The van der Waals surface area contributed by atoms with Crippen LogP contribution in [-0.2, 0) is 21.1 Å². The summed E-state index contributed by atoms with van der Waals surface area (Å²) in [4.78, 5) is 10.4. The number of anilines is 3. The monoisotopic (exact) mass is 1030 g/mol. The summed E-state index contributed by atoms with van der Waals surface area (Å²) in [6.07, 6.45) is 1.98. The number of benzene rings is 7. The van der Waals surface area contributed by atoms with Gasteiger partial charge in [-0.1, -0.05) is 142 Å². The number of aromatic nitrogens is 2. The largest absolute Gasteiger partial charge is 0.319 e. The SMILES string of the molecule is CC(C)c1cccc(C(C)C)c1-c1ccnc(-n2c3[c-]c([Si](c4[c-]c(N5[OH+]N(C(C)(C)C)c6ccccc65)ccc4)(c4ccccc4)c4ccccc4)ccc3c3ccccc32)c1.[Pt]. The molecule has 0 saturated carbocycles. The van der Waals surface area contributed by atoms with E-state index >= 15 is 0 Å². The maximum atomic E-state index is 5.24. The fourth-order valence-electron chi connectivity index (χ4n) is 9.72. The zero-order valence-corrected chi connectivity index (χ0v) is 40.7. The summed E-state index contributed by atoms with van der Waals surface area (Å²) in [6.45, 7) is 15.7. The maximum Gasteiger partial charge on any atom is 0.145 e. The summed E-state index contributed by atoms with van der Waals surface area (Å²) in [5.41, 5.74) is 10.1. The molecule has 64 heavy (non-hydrogen) atoms. The predicted octanol–water partition coefficient (Wildman–Crippen LogP) is 11.7. The zero-order chi connectivity index (χ0) is 43.5. The topological polar surface area (TPSA) is 37.1 Å². The molecule has 0 saturated heterocycles. The van der Waals surface area contributed by atoms with Crippen molar-refractivity contribution >= 4 is 67.7 Å². The molecule has 0 unspecified atom stereocenters. The summed E-state index contributed by atoms with van der Waals surface area (Å²) in [5.74, 6) is 1.61. The van der Waals surface area contributed by atoms with Gasteiger partial charge in [-0.15, -0.1) is 21.6 Å². The summed E-state index contributed by atoms with van der Waals surface area (Å²) >= 11 is 0. The van der Waals surface area contributed by atoms with E-state index < -0.39 is 8.07 Å². The van der Waals surface area contributed by atoms with Crippen LogP contribution in [0.2, 0.25) is 0 Å². The van der Waals surface area contributed by atoms with Crippen molar-refractivity contribution in [3.63, 3.8) is 0 Å². The van der Waals surface area contributed by atoms with Crippen LogP contribution in [0, 0.1) is 12.1 Å². The Kier molecular flexibility index (Phi) is 11.6. The van der Waals surface area contributed by atoms with Gasteiger partial charge in [-0.05, 0) is 101 Å². The van der Waals surface area contributed by atoms with Gasteiger partial charge in [-0.2, -0.15) is 51.7 Å². The molecule has 0 amide bonds. The first-order valence-corrected chi connectivity index (χ1v) is 24.2. The van der Waals surface area contributed by atoms with Crippen LogP contribution < -0.4 is 30.9 Å². The van der Waals surface area contributed by atoms with Crippen molar-refractivity contribution in [2.24, 2.45) is 0 Å². The molecular weight excluding hydrogens is 980 g/mol. The van der Waals surface area contributed by atoms with Gasteiger partial charge in [0, 0.05) is 38.5 Å². The molecule has 5 nitrogen and oxygen atoms in total. The maximum absolute atomic E-state index is 5.24. The summed E-state index contributed by atoms with van der Waals surface area (Å²) in [7, 11) is -3.15. The molecule has 0 fully saturated rings. The third kappa shape index (κ3) is 7.22. The molecule has 0 radical (unpaired) electrons. The minimum atomic E-state index is -3.15. The van der Waals surface area contributed by atoms with Gasteiger partial charge in [0.1, 0.15) is 30.8 Å². The van der Waals surface area contributed by atoms with Crippen molar-refractivity contribution in [3.05, 3.63) is 199 Å². The predicted molar refractivity (Wildman–Crippen MR) is 266 cm³/mol. The average Bonchev–Trinajstić information content (AvgIpc) is 3.87. The van der Waals surface area contributed by atoms with Gasteiger partial charge in [-0.25, -0.2) is 4.98 Å². The Morgan fingerprint density at radius 3 is 1.83 bits per heavy atom. The molecule has 322 valence electrons. The summed E-state index contributed by atoms with van der Waals surface area (Å²) in [5, 5.41) is 11.3. The number of nitrogens with zero attached hydrogens (tertiary/aromatic N) is 4. The van der Waals surface area contributed by atoms with Crippen LogP contribution >= 0.6 is 0 Å². The van der Waals surface area contributed by atoms with Gasteiger partial charge in [0.25, 0.3) is 0 Å². The molecule has 1 N–H and O–H groups in total. The first-order chi connectivity index (χ1) is 30.6. The van der Waals surface area contributed by atoms with E-state index in [9.17, 15) is 0 Å². The second-order valence-corrected chi connectivity index (χ2v) is 22.0. The van der Waals surface area contributed by atoms with Crippen molar-refractivity contribution in [1.29, 1.82) is 0 Å². The van der Waals surface area contributed by atoms with Crippen molar-refractivity contribution in [1.82, 2.24) is 9.55 Å². The van der Waals surface area contributed by atoms with Crippen LogP contribution in [0.25, 0.3) is 38.8 Å². The van der Waals surface area contributed by atoms with Crippen molar-refractivity contribution < 1.29 is 26.0 Å². The molecule has 9 aromatic rings. The van der Waals surface area contributed by atoms with E-state index in [1.54, 1.807) is 0 Å². The Labute approximate surface area is 393 Å². The van der Waals surface area contributed by atoms with Crippen LogP contribution in [0.15, 0.2) is 176 Å². The molecule has 1 aliphatic rings. The molecule has 1 aliphatic heterocycles. The van der Waals surface area contributed by atoms with Crippen LogP contribution in [-0.4, -0.2) is 28.1 Å². The standard InChI is InChI=1S/C57H52N4OSi.Pt/c1-39(2)47-27-19-28-48(40(3)4)56(47)41-34-35-58-55(36-41)59-51-29-15-14-26-49(51)50-33-32-46(38-54(50)59)63(43-21-10-8-11-22-43,44-23-12-9-13-24-44)45-25-18-20-42(37-45)60-52-30-16-17-31-53(52)61(62-60)57(5,6)7;/h8-36,39-40H,1-7H3;/q-2;/p+1. The Balaban J connectivity index is 0.00000518. The molecule has 0 aliphatic carbocycles. The van der Waals surface area contributed by atoms with Gasteiger partial charge < -0.3 is 4.57 Å².